The van der Waals surface area contributed by atoms with Gasteiger partial charge in [0.25, 0.3) is 0 Å². The molecule has 0 spiro atoms. The molecular weight excluding hydrogens is 337 g/mol. The van der Waals surface area contributed by atoms with Crippen LogP contribution in [0, 0.1) is 0 Å². The van der Waals surface area contributed by atoms with E-state index < -0.39 is 0 Å². The second-order valence-corrected chi connectivity index (χ2v) is 6.63. The first kappa shape index (κ1) is 18.3. The van der Waals surface area contributed by atoms with Gasteiger partial charge < -0.3 is 15.7 Å². The Bertz CT molecular complexity index is 508. The van der Waals surface area contributed by atoms with Crippen LogP contribution in [-0.4, -0.2) is 48.3 Å². The van der Waals surface area contributed by atoms with Crippen LogP contribution in [0.1, 0.15) is 25.7 Å². The molecule has 0 aliphatic carbocycles. The number of anilines is 1. The summed E-state index contributed by atoms with van der Waals surface area (Å²) >= 11 is 11.8. The van der Waals surface area contributed by atoms with Crippen LogP contribution in [0.2, 0.25) is 10.0 Å². The molecule has 1 atom stereocenters. The minimum Gasteiger partial charge on any atom is -0.395 e. The Hall–Kier alpha value is -1.01. The fourth-order valence-electron chi connectivity index (χ4n) is 2.84. The van der Waals surface area contributed by atoms with Crippen LogP contribution >= 0.6 is 23.2 Å². The number of hydrogen-bond donors (Lipinski definition) is 3. The molecule has 1 aliphatic heterocycles. The molecule has 2 amide bonds. The Morgan fingerprint density at radius 2 is 2.00 bits per heavy atom. The van der Waals surface area contributed by atoms with Gasteiger partial charge in [-0.25, -0.2) is 4.79 Å². The fraction of sp³-hybridized carbons (Fsp3) is 0.562. The Morgan fingerprint density at radius 3 is 2.70 bits per heavy atom. The van der Waals surface area contributed by atoms with Crippen LogP contribution in [0.5, 0.6) is 0 Å². The van der Waals surface area contributed by atoms with Gasteiger partial charge >= 0.3 is 6.03 Å². The highest BCUT2D eigenvalue weighted by molar-refractivity contribution is 6.35. The summed E-state index contributed by atoms with van der Waals surface area (Å²) in [5.41, 5.74) is 0.572. The number of amides is 2. The summed E-state index contributed by atoms with van der Waals surface area (Å²) in [6, 6.07) is 4.96. The largest absolute Gasteiger partial charge is 0.395 e. The molecule has 1 heterocycles. The van der Waals surface area contributed by atoms with Crippen LogP contribution < -0.4 is 10.6 Å². The van der Waals surface area contributed by atoms with Gasteiger partial charge in [0.1, 0.15) is 0 Å². The van der Waals surface area contributed by atoms with Crippen molar-refractivity contribution in [2.24, 2.45) is 0 Å². The molecule has 1 aromatic carbocycles. The van der Waals surface area contributed by atoms with Crippen molar-refractivity contribution in [2.75, 3.05) is 31.6 Å². The monoisotopic (exact) mass is 359 g/mol. The summed E-state index contributed by atoms with van der Waals surface area (Å²) in [6.07, 6.45) is 4.14. The number of carbonyl (C=O) groups is 1. The number of benzene rings is 1. The molecular formula is C16H23Cl2N3O2. The molecule has 0 bridgehead atoms. The first-order valence-electron chi connectivity index (χ1n) is 7.94. The lowest BCUT2D eigenvalue weighted by Crippen LogP contribution is -2.34. The highest BCUT2D eigenvalue weighted by atomic mass is 35.5. The van der Waals surface area contributed by atoms with Crippen molar-refractivity contribution in [3.63, 3.8) is 0 Å². The van der Waals surface area contributed by atoms with Crippen molar-refractivity contribution in [1.82, 2.24) is 10.2 Å². The molecule has 3 N–H and O–H groups in total. The minimum absolute atomic E-state index is 0.239. The molecule has 1 fully saturated rings. The van der Waals surface area contributed by atoms with Crippen LogP contribution in [0.25, 0.3) is 0 Å². The summed E-state index contributed by atoms with van der Waals surface area (Å²) in [5.74, 6) is 0. The molecule has 1 unspecified atom stereocenters. The first-order valence-corrected chi connectivity index (χ1v) is 8.70. The van der Waals surface area contributed by atoms with Crippen LogP contribution in [0.15, 0.2) is 18.2 Å². The van der Waals surface area contributed by atoms with E-state index in [0.29, 0.717) is 28.3 Å². The predicted molar refractivity (Wildman–Crippen MR) is 94.4 cm³/mol. The molecule has 7 heteroatoms. The Balaban J connectivity index is 1.61. The van der Waals surface area contributed by atoms with Crippen molar-refractivity contribution in [2.45, 2.75) is 31.7 Å². The van der Waals surface area contributed by atoms with Gasteiger partial charge in [-0.15, -0.1) is 0 Å². The number of nitrogens with one attached hydrogen (secondary N) is 2. The highest BCUT2D eigenvalue weighted by Crippen LogP contribution is 2.22. The van der Waals surface area contributed by atoms with E-state index in [9.17, 15) is 9.90 Å². The maximum absolute atomic E-state index is 11.8. The van der Waals surface area contributed by atoms with E-state index in [-0.39, 0.29) is 12.6 Å². The van der Waals surface area contributed by atoms with Crippen molar-refractivity contribution in [3.05, 3.63) is 28.2 Å². The van der Waals surface area contributed by atoms with Crippen LogP contribution in [-0.2, 0) is 0 Å². The van der Waals surface area contributed by atoms with Gasteiger partial charge in [-0.3, -0.25) is 4.90 Å². The van der Waals surface area contributed by atoms with E-state index in [2.05, 4.69) is 15.5 Å². The summed E-state index contributed by atoms with van der Waals surface area (Å²) in [6.45, 7) is 2.88. The molecule has 1 aromatic rings. The third-order valence-corrected chi connectivity index (χ3v) is 4.42. The normalized spacial score (nSPS) is 18.1. The molecule has 0 radical (unpaired) electrons. The predicted octanol–water partition coefficient (Wildman–Crippen LogP) is 3.35. The third kappa shape index (κ3) is 6.18. The van der Waals surface area contributed by atoms with Gasteiger partial charge in [0.15, 0.2) is 0 Å². The van der Waals surface area contributed by atoms with Gasteiger partial charge in [-0.1, -0.05) is 23.2 Å². The topological polar surface area (TPSA) is 64.6 Å². The van der Waals surface area contributed by atoms with E-state index in [1.807, 2.05) is 0 Å². The fourth-order valence-corrected chi connectivity index (χ4v) is 3.37. The van der Waals surface area contributed by atoms with E-state index >= 15 is 0 Å². The number of unbranched alkanes of at least 4 members (excludes halogenated alkanes) is 1. The van der Waals surface area contributed by atoms with Crippen molar-refractivity contribution >= 4 is 34.9 Å². The summed E-state index contributed by atoms with van der Waals surface area (Å²) in [7, 11) is 0. The molecule has 23 heavy (non-hydrogen) atoms. The maximum atomic E-state index is 11.8. The molecule has 128 valence electrons. The van der Waals surface area contributed by atoms with Crippen molar-refractivity contribution < 1.29 is 9.90 Å². The smallest absolute Gasteiger partial charge is 0.319 e. The number of nitrogens with zero attached hydrogens (tertiary/aromatic N) is 1. The average molecular weight is 360 g/mol. The standard InChI is InChI=1S/C16H23Cl2N3O2/c17-12-8-13(18)10-14(9-12)20-16(23)19-5-1-2-6-21-7-3-4-15(21)11-22/h8-10,15,22H,1-7,11H2,(H2,19,20,23). The summed E-state index contributed by atoms with van der Waals surface area (Å²) in [5, 5.41) is 15.8. The zero-order chi connectivity index (χ0) is 16.7. The molecule has 0 saturated carbocycles. The maximum Gasteiger partial charge on any atom is 0.319 e. The third-order valence-electron chi connectivity index (χ3n) is 3.99. The molecule has 1 saturated heterocycles. The first-order chi connectivity index (χ1) is 11.1. The van der Waals surface area contributed by atoms with Gasteiger partial charge in [0.2, 0.25) is 0 Å². The van der Waals surface area contributed by atoms with E-state index in [4.69, 9.17) is 23.2 Å². The van der Waals surface area contributed by atoms with E-state index in [1.54, 1.807) is 18.2 Å². The second-order valence-electron chi connectivity index (χ2n) is 5.76. The van der Waals surface area contributed by atoms with Crippen LogP contribution in [0.3, 0.4) is 0 Å². The lowest BCUT2D eigenvalue weighted by molar-refractivity contribution is 0.157. The molecule has 1 aliphatic rings. The molecule has 0 aromatic heterocycles. The lowest BCUT2D eigenvalue weighted by atomic mass is 10.2. The summed E-state index contributed by atoms with van der Waals surface area (Å²) < 4.78 is 0. The Labute approximate surface area is 146 Å². The number of carbonyl (C=O) groups excluding carboxylic acids is 1. The van der Waals surface area contributed by atoms with Crippen molar-refractivity contribution in [3.8, 4) is 0 Å². The number of hydrogen-bond acceptors (Lipinski definition) is 3. The SMILES string of the molecule is O=C(NCCCCN1CCCC1CO)Nc1cc(Cl)cc(Cl)c1. The number of rotatable bonds is 7. The van der Waals surface area contributed by atoms with Gasteiger partial charge in [-0.2, -0.15) is 0 Å². The van der Waals surface area contributed by atoms with Gasteiger partial charge in [-0.05, 0) is 57.0 Å². The van der Waals surface area contributed by atoms with Crippen molar-refractivity contribution in [1.29, 1.82) is 0 Å². The quantitative estimate of drug-likeness (QED) is 0.654. The average Bonchev–Trinajstić information content (AvgIpc) is 2.93. The van der Waals surface area contributed by atoms with E-state index in [1.165, 1.54) is 0 Å². The number of aliphatic hydroxyl groups is 1. The number of likely N-dealkylation sites (tertiary alicyclic amines) is 1. The minimum atomic E-state index is -0.266. The van der Waals surface area contributed by atoms with E-state index in [0.717, 1.165) is 38.8 Å². The molecule has 5 nitrogen and oxygen atoms in total. The van der Waals surface area contributed by atoms with Crippen LogP contribution in [0.4, 0.5) is 10.5 Å². The lowest BCUT2D eigenvalue weighted by Gasteiger charge is -2.22. The number of urea groups is 1. The Morgan fingerprint density at radius 1 is 1.26 bits per heavy atom. The highest BCUT2D eigenvalue weighted by Gasteiger charge is 2.22. The molecule has 2 rings (SSSR count). The van der Waals surface area contributed by atoms with Gasteiger partial charge in [0, 0.05) is 28.3 Å². The Kier molecular flexibility index (Phi) is 7.43. The zero-order valence-electron chi connectivity index (χ0n) is 13.0. The number of aliphatic hydroxyl groups excluding tert-OH is 1. The summed E-state index contributed by atoms with van der Waals surface area (Å²) in [4.78, 5) is 14.1. The second kappa shape index (κ2) is 9.33. The van der Waals surface area contributed by atoms with Gasteiger partial charge in [0.05, 0.1) is 6.61 Å². The number of halogens is 2. The zero-order valence-corrected chi connectivity index (χ0v) is 14.5.